The molecule has 5 nitrogen and oxygen atoms in total. The quantitative estimate of drug-likeness (QED) is 0.569. The van der Waals surface area contributed by atoms with Crippen LogP contribution in [0.25, 0.3) is 0 Å². The fourth-order valence-corrected chi connectivity index (χ4v) is 3.85. The normalized spacial score (nSPS) is 21.5. The summed E-state index contributed by atoms with van der Waals surface area (Å²) in [6.07, 6.45) is 1.71. The number of carbonyl (C=O) groups is 1. The summed E-state index contributed by atoms with van der Waals surface area (Å²) >= 11 is 6.27. The lowest BCUT2D eigenvalue weighted by Crippen LogP contribution is -2.60. The van der Waals surface area contributed by atoms with E-state index in [4.69, 9.17) is 16.3 Å². The Bertz CT molecular complexity index is 877. The van der Waals surface area contributed by atoms with Gasteiger partial charge in [0, 0.05) is 17.3 Å². The number of piperidine rings is 1. The van der Waals surface area contributed by atoms with Crippen molar-refractivity contribution in [1.29, 1.82) is 0 Å². The molecular weight excluding hydrogens is 398 g/mol. The van der Waals surface area contributed by atoms with E-state index in [-0.39, 0.29) is 5.78 Å². The van der Waals surface area contributed by atoms with Crippen molar-refractivity contribution >= 4 is 23.2 Å². The number of aromatic nitrogens is 1. The molecule has 0 unspecified atom stereocenters. The molecule has 1 aromatic carbocycles. The lowest BCUT2D eigenvalue weighted by atomic mass is 9.79. The Morgan fingerprint density at radius 3 is 2.83 bits per heavy atom. The van der Waals surface area contributed by atoms with Crippen LogP contribution >= 0.6 is 11.6 Å². The van der Waals surface area contributed by atoms with Crippen molar-refractivity contribution in [3.63, 3.8) is 0 Å². The van der Waals surface area contributed by atoms with Gasteiger partial charge in [0.05, 0.1) is 17.7 Å². The zero-order chi connectivity index (χ0) is 21.7. The summed E-state index contributed by atoms with van der Waals surface area (Å²) in [7, 11) is 0. The lowest BCUT2D eigenvalue weighted by Gasteiger charge is -2.40. The molecule has 0 saturated carbocycles. The fourth-order valence-electron chi connectivity index (χ4n) is 3.68. The molecule has 1 saturated heterocycles. The van der Waals surface area contributed by atoms with Gasteiger partial charge in [-0.15, -0.1) is 0 Å². The number of nitrogens with zero attached hydrogens (tertiary/aromatic N) is 1. The van der Waals surface area contributed by atoms with Crippen LogP contribution in [0, 0.1) is 18.8 Å². The highest BCUT2D eigenvalue weighted by Crippen LogP contribution is 2.32. The van der Waals surface area contributed by atoms with Gasteiger partial charge in [0.15, 0.2) is 5.78 Å². The van der Waals surface area contributed by atoms with Gasteiger partial charge in [0.1, 0.15) is 11.6 Å². The van der Waals surface area contributed by atoms with E-state index < -0.39 is 5.54 Å². The van der Waals surface area contributed by atoms with Crippen molar-refractivity contribution in [2.45, 2.75) is 46.1 Å². The maximum Gasteiger partial charge on any atom is 0.188 e. The van der Waals surface area contributed by atoms with Crippen LogP contribution in [0.5, 0.6) is 5.75 Å². The zero-order valence-corrected chi connectivity index (χ0v) is 19.1. The number of ether oxygens (including phenoxy) is 1. The molecule has 3 rings (SSSR count). The summed E-state index contributed by atoms with van der Waals surface area (Å²) in [5.74, 6) is 2.26. The maximum atomic E-state index is 13.9. The second kappa shape index (κ2) is 9.80. The van der Waals surface area contributed by atoms with E-state index in [1.54, 1.807) is 18.2 Å². The monoisotopic (exact) mass is 429 g/mol. The van der Waals surface area contributed by atoms with Crippen molar-refractivity contribution in [2.75, 3.05) is 25.0 Å². The van der Waals surface area contributed by atoms with Crippen molar-refractivity contribution in [2.24, 2.45) is 11.8 Å². The largest absolute Gasteiger partial charge is 0.493 e. The van der Waals surface area contributed by atoms with E-state index >= 15 is 0 Å². The minimum Gasteiger partial charge on any atom is -0.493 e. The third-order valence-corrected chi connectivity index (χ3v) is 5.74. The van der Waals surface area contributed by atoms with E-state index in [0.29, 0.717) is 41.3 Å². The zero-order valence-electron chi connectivity index (χ0n) is 18.3. The number of aryl methyl sites for hydroxylation is 1. The number of ketones is 1. The van der Waals surface area contributed by atoms with Gasteiger partial charge < -0.3 is 15.4 Å². The van der Waals surface area contributed by atoms with Crippen LogP contribution in [0.2, 0.25) is 5.02 Å². The van der Waals surface area contributed by atoms with Crippen LogP contribution in [-0.2, 0) is 0 Å². The number of nitrogens with one attached hydrogen (secondary N) is 2. The molecule has 1 aliphatic heterocycles. The van der Waals surface area contributed by atoms with Gasteiger partial charge in [-0.3, -0.25) is 4.79 Å². The summed E-state index contributed by atoms with van der Waals surface area (Å²) in [4.78, 5) is 18.4. The molecule has 30 heavy (non-hydrogen) atoms. The van der Waals surface area contributed by atoms with Gasteiger partial charge in [0.25, 0.3) is 0 Å². The van der Waals surface area contributed by atoms with E-state index in [0.717, 1.165) is 30.9 Å². The number of anilines is 1. The molecule has 2 atom stereocenters. The summed E-state index contributed by atoms with van der Waals surface area (Å²) in [5.41, 5.74) is 0.729. The number of benzene rings is 1. The molecule has 6 heteroatoms. The van der Waals surface area contributed by atoms with Gasteiger partial charge in [-0.2, -0.15) is 0 Å². The van der Waals surface area contributed by atoms with E-state index in [2.05, 4.69) is 36.4 Å². The molecule has 2 heterocycles. The first-order chi connectivity index (χ1) is 14.3. The average Bonchev–Trinajstić information content (AvgIpc) is 2.72. The number of hydrogen-bond acceptors (Lipinski definition) is 5. The van der Waals surface area contributed by atoms with Crippen molar-refractivity contribution in [3.8, 4) is 5.75 Å². The third-order valence-electron chi connectivity index (χ3n) is 5.51. The molecule has 2 aromatic rings. The Morgan fingerprint density at radius 2 is 2.17 bits per heavy atom. The highest BCUT2D eigenvalue weighted by Gasteiger charge is 2.42. The molecule has 0 amide bonds. The molecule has 0 radical (unpaired) electrons. The van der Waals surface area contributed by atoms with Crippen LogP contribution in [0.4, 0.5) is 5.82 Å². The summed E-state index contributed by atoms with van der Waals surface area (Å²) in [5, 5.41) is 7.45. The van der Waals surface area contributed by atoms with Crippen LogP contribution in [0.1, 0.15) is 49.7 Å². The number of halogens is 1. The van der Waals surface area contributed by atoms with Crippen molar-refractivity contribution in [1.82, 2.24) is 10.3 Å². The first-order valence-electron chi connectivity index (χ1n) is 10.7. The van der Waals surface area contributed by atoms with E-state index in [1.165, 1.54) is 0 Å². The first kappa shape index (κ1) is 22.6. The lowest BCUT2D eigenvalue weighted by molar-refractivity contribution is 0.0801. The smallest absolute Gasteiger partial charge is 0.188 e. The number of pyridine rings is 1. The maximum absolute atomic E-state index is 13.9. The standard InChI is InChI=1S/C24H32ClN3O2/c1-16(2)14-30-21-9-8-19(25)12-20(21)23(29)24(11-10-17(3)13-27-24)15-26-22-7-5-6-18(4)28-22/h5-9,12,16-17,27H,10-11,13-15H2,1-4H3,(H,26,28)/t17-,24-/m0/s1. The Morgan fingerprint density at radius 1 is 1.37 bits per heavy atom. The average molecular weight is 430 g/mol. The Kier molecular flexibility index (Phi) is 7.37. The number of carbonyl (C=O) groups excluding carboxylic acids is 1. The number of rotatable bonds is 8. The van der Waals surface area contributed by atoms with Gasteiger partial charge >= 0.3 is 0 Å². The first-order valence-corrected chi connectivity index (χ1v) is 11.1. The number of hydrogen-bond donors (Lipinski definition) is 2. The van der Waals surface area contributed by atoms with Gasteiger partial charge in [-0.05, 0) is 68.5 Å². The van der Waals surface area contributed by atoms with Crippen LogP contribution in [-0.4, -0.2) is 36.0 Å². The molecule has 162 valence electrons. The fraction of sp³-hybridized carbons (Fsp3) is 0.500. The van der Waals surface area contributed by atoms with Crippen LogP contribution in [0.3, 0.4) is 0 Å². The predicted molar refractivity (Wildman–Crippen MR) is 123 cm³/mol. The van der Waals surface area contributed by atoms with Gasteiger partial charge in [0.2, 0.25) is 0 Å². The van der Waals surface area contributed by atoms with Gasteiger partial charge in [-0.1, -0.05) is 38.4 Å². The predicted octanol–water partition coefficient (Wildman–Crippen LogP) is 5.13. The van der Waals surface area contributed by atoms with Crippen LogP contribution in [0.15, 0.2) is 36.4 Å². The second-order valence-corrected chi connectivity index (χ2v) is 9.24. The Balaban J connectivity index is 1.90. The molecule has 0 bridgehead atoms. The molecular formula is C24H32ClN3O2. The highest BCUT2D eigenvalue weighted by molar-refractivity contribution is 6.31. The van der Waals surface area contributed by atoms with Crippen molar-refractivity contribution < 1.29 is 9.53 Å². The summed E-state index contributed by atoms with van der Waals surface area (Å²) < 4.78 is 5.97. The molecule has 2 N–H and O–H groups in total. The molecule has 1 fully saturated rings. The van der Waals surface area contributed by atoms with Crippen molar-refractivity contribution in [3.05, 3.63) is 52.7 Å². The number of Topliss-reactive ketones (excluding diaryl/α,β-unsaturated/α-hetero) is 1. The second-order valence-electron chi connectivity index (χ2n) is 8.80. The summed E-state index contributed by atoms with van der Waals surface area (Å²) in [6.45, 7) is 10.1. The minimum atomic E-state index is -0.738. The van der Waals surface area contributed by atoms with E-state index in [1.807, 2.05) is 25.1 Å². The summed E-state index contributed by atoms with van der Waals surface area (Å²) in [6, 6.07) is 11.1. The Hall–Kier alpha value is -2.11. The topological polar surface area (TPSA) is 63.2 Å². The SMILES string of the molecule is Cc1cccc(NC[C@]2(C(=O)c3cc(Cl)ccc3OCC(C)C)CC[C@H](C)CN2)n1. The minimum absolute atomic E-state index is 0.0100. The van der Waals surface area contributed by atoms with E-state index in [9.17, 15) is 4.79 Å². The molecule has 0 aliphatic carbocycles. The highest BCUT2D eigenvalue weighted by atomic mass is 35.5. The molecule has 1 aliphatic rings. The van der Waals surface area contributed by atoms with Gasteiger partial charge in [-0.25, -0.2) is 4.98 Å². The molecule has 1 aromatic heterocycles. The van der Waals surface area contributed by atoms with Crippen LogP contribution < -0.4 is 15.4 Å². The molecule has 0 spiro atoms. The Labute approximate surface area is 184 Å². The third kappa shape index (κ3) is 5.52.